The van der Waals surface area contributed by atoms with Crippen LogP contribution in [-0.2, 0) is 4.79 Å². The van der Waals surface area contributed by atoms with Crippen LogP contribution >= 0.6 is 0 Å². The summed E-state index contributed by atoms with van der Waals surface area (Å²) in [5.74, 6) is -0.583. The number of aliphatic hydroxyl groups is 4. The zero-order valence-corrected chi connectivity index (χ0v) is 42.6. The summed E-state index contributed by atoms with van der Waals surface area (Å²) in [5, 5.41) is 44.0. The van der Waals surface area contributed by atoms with Crippen molar-refractivity contribution < 1.29 is 25.2 Å². The minimum absolute atomic E-state index is 0.365. The zero-order chi connectivity index (χ0) is 45.9. The van der Waals surface area contributed by atoms with E-state index in [2.05, 4.69) is 31.3 Å². The number of allylic oxidation sites excluding steroid dienone is 2. The van der Waals surface area contributed by atoms with Crippen molar-refractivity contribution >= 4 is 5.91 Å². The smallest absolute Gasteiger partial charge is 0.249 e. The molecule has 0 radical (unpaired) electrons. The van der Waals surface area contributed by atoms with Crippen LogP contribution in [0.2, 0.25) is 0 Å². The van der Waals surface area contributed by atoms with Crippen LogP contribution in [0.15, 0.2) is 12.2 Å². The molecular weight excluding hydrogens is 779 g/mol. The maximum atomic E-state index is 12.6. The molecule has 0 aliphatic rings. The molecule has 0 bridgehead atoms. The Bertz CT molecular complexity index is 913. The predicted molar refractivity (Wildman–Crippen MR) is 275 cm³/mol. The third kappa shape index (κ3) is 46.0. The van der Waals surface area contributed by atoms with Gasteiger partial charge in [0.15, 0.2) is 0 Å². The highest BCUT2D eigenvalue weighted by Crippen LogP contribution is 2.18. The molecule has 0 aliphatic carbocycles. The maximum Gasteiger partial charge on any atom is 0.249 e. The average molecular weight is 893 g/mol. The number of carbonyl (C=O) groups is 1. The summed E-state index contributed by atoms with van der Waals surface area (Å²) in [6.07, 6.45) is 61.4. The van der Waals surface area contributed by atoms with E-state index >= 15 is 0 Å². The summed E-state index contributed by atoms with van der Waals surface area (Å²) in [4.78, 5) is 12.6. The number of unbranched alkanes of at least 4 members (excludes halogenated alkanes) is 42. The van der Waals surface area contributed by atoms with Gasteiger partial charge in [-0.15, -0.1) is 0 Å². The third-order valence-corrected chi connectivity index (χ3v) is 13.7. The first-order valence-electron chi connectivity index (χ1n) is 28.6. The van der Waals surface area contributed by atoms with Gasteiger partial charge in [0, 0.05) is 0 Å². The monoisotopic (exact) mass is 892 g/mol. The molecule has 0 aliphatic heterocycles. The molecule has 376 valence electrons. The Balaban J connectivity index is 3.61. The second-order valence-corrected chi connectivity index (χ2v) is 20.0. The lowest BCUT2D eigenvalue weighted by Gasteiger charge is -2.27. The minimum atomic E-state index is -1.26. The molecule has 4 atom stereocenters. The summed E-state index contributed by atoms with van der Waals surface area (Å²) in [6, 6.07) is -0.986. The van der Waals surface area contributed by atoms with E-state index < -0.39 is 36.9 Å². The SMILES string of the molecule is CCCCCCCCCCCCCC/C=C\CCCCCCCCC(O)C(=O)NC(CO)C(O)C(O)CCCCCCCCCCCCCCCCCCCCCCCCCCC. The molecule has 0 saturated carbocycles. The fourth-order valence-corrected chi connectivity index (χ4v) is 9.23. The lowest BCUT2D eigenvalue weighted by atomic mass is 9.99. The number of hydrogen-bond acceptors (Lipinski definition) is 5. The van der Waals surface area contributed by atoms with Gasteiger partial charge in [0.1, 0.15) is 12.2 Å². The lowest BCUT2D eigenvalue weighted by molar-refractivity contribution is -0.132. The number of hydrogen-bond donors (Lipinski definition) is 5. The Kier molecular flexibility index (Phi) is 51.2. The lowest BCUT2D eigenvalue weighted by Crippen LogP contribution is -2.53. The minimum Gasteiger partial charge on any atom is -0.394 e. The molecular formula is C57H113NO5. The van der Waals surface area contributed by atoms with Gasteiger partial charge in [-0.2, -0.15) is 0 Å². The standard InChI is InChI=1S/C57H113NO5/c1-3-5-7-9-11-13-15-17-19-21-23-25-27-28-29-31-32-34-36-38-40-42-44-46-48-50-54(60)56(62)53(52-59)58-57(63)55(61)51-49-47-45-43-41-39-37-35-33-30-26-24-22-20-18-16-14-12-10-8-6-4-2/h33,35,53-56,59-62H,3-32,34,36-52H2,1-2H3,(H,58,63)/b35-33-. The number of amides is 1. The average Bonchev–Trinajstić information content (AvgIpc) is 3.29. The molecule has 1 amide bonds. The number of nitrogens with one attached hydrogen (secondary N) is 1. The summed E-state index contributed by atoms with van der Waals surface area (Å²) >= 11 is 0. The van der Waals surface area contributed by atoms with Crippen LogP contribution in [0, 0.1) is 0 Å². The van der Waals surface area contributed by atoms with Crippen LogP contribution in [-0.4, -0.2) is 57.3 Å². The Hall–Kier alpha value is -0.950. The first-order valence-corrected chi connectivity index (χ1v) is 28.6. The molecule has 0 rings (SSSR count). The van der Waals surface area contributed by atoms with Crippen LogP contribution in [0.4, 0.5) is 0 Å². The molecule has 0 saturated heterocycles. The van der Waals surface area contributed by atoms with E-state index in [0.29, 0.717) is 12.8 Å². The fourth-order valence-electron chi connectivity index (χ4n) is 9.23. The van der Waals surface area contributed by atoms with E-state index in [4.69, 9.17) is 0 Å². The highest BCUT2D eigenvalue weighted by molar-refractivity contribution is 5.80. The molecule has 0 spiro atoms. The van der Waals surface area contributed by atoms with Gasteiger partial charge in [-0.25, -0.2) is 0 Å². The molecule has 0 aromatic heterocycles. The van der Waals surface area contributed by atoms with Crippen LogP contribution in [0.25, 0.3) is 0 Å². The van der Waals surface area contributed by atoms with Gasteiger partial charge in [-0.05, 0) is 38.5 Å². The zero-order valence-electron chi connectivity index (χ0n) is 42.6. The van der Waals surface area contributed by atoms with Gasteiger partial charge < -0.3 is 25.7 Å². The van der Waals surface area contributed by atoms with E-state index in [-0.39, 0.29) is 0 Å². The van der Waals surface area contributed by atoms with Crippen LogP contribution in [0.5, 0.6) is 0 Å². The van der Waals surface area contributed by atoms with E-state index in [9.17, 15) is 25.2 Å². The largest absolute Gasteiger partial charge is 0.394 e. The molecule has 63 heavy (non-hydrogen) atoms. The van der Waals surface area contributed by atoms with E-state index in [0.717, 1.165) is 44.9 Å². The van der Waals surface area contributed by atoms with Crippen molar-refractivity contribution in [2.24, 2.45) is 0 Å². The summed E-state index contributed by atoms with van der Waals surface area (Å²) in [5.41, 5.74) is 0. The van der Waals surface area contributed by atoms with Crippen molar-refractivity contribution in [1.29, 1.82) is 0 Å². The van der Waals surface area contributed by atoms with Crippen molar-refractivity contribution in [1.82, 2.24) is 5.32 Å². The molecule has 6 heteroatoms. The van der Waals surface area contributed by atoms with Gasteiger partial charge >= 0.3 is 0 Å². The number of aliphatic hydroxyl groups excluding tert-OH is 4. The van der Waals surface area contributed by atoms with Crippen molar-refractivity contribution in [3.8, 4) is 0 Å². The maximum absolute atomic E-state index is 12.6. The van der Waals surface area contributed by atoms with E-state index in [1.54, 1.807) is 0 Å². The molecule has 5 N–H and O–H groups in total. The van der Waals surface area contributed by atoms with E-state index in [1.165, 1.54) is 244 Å². The summed E-state index contributed by atoms with van der Waals surface area (Å²) in [6.45, 7) is 4.09. The third-order valence-electron chi connectivity index (χ3n) is 13.7. The molecule has 6 nitrogen and oxygen atoms in total. The van der Waals surface area contributed by atoms with Gasteiger partial charge in [0.05, 0.1) is 18.8 Å². The Morgan fingerprint density at radius 1 is 0.381 bits per heavy atom. The van der Waals surface area contributed by atoms with Gasteiger partial charge in [0.2, 0.25) is 5.91 Å². The van der Waals surface area contributed by atoms with Crippen molar-refractivity contribution in [2.45, 2.75) is 340 Å². The number of rotatable bonds is 53. The van der Waals surface area contributed by atoms with Gasteiger partial charge in [-0.3, -0.25) is 4.79 Å². The first-order chi connectivity index (χ1) is 31.0. The van der Waals surface area contributed by atoms with Crippen molar-refractivity contribution in [2.75, 3.05) is 6.61 Å². The van der Waals surface area contributed by atoms with E-state index in [1.807, 2.05) is 0 Å². The quantitative estimate of drug-likeness (QED) is 0.0309. The van der Waals surface area contributed by atoms with Gasteiger partial charge in [-0.1, -0.05) is 289 Å². The van der Waals surface area contributed by atoms with Crippen LogP contribution in [0.3, 0.4) is 0 Å². The van der Waals surface area contributed by atoms with Crippen LogP contribution < -0.4 is 5.32 Å². The first kappa shape index (κ1) is 62.1. The molecule has 0 aromatic rings. The van der Waals surface area contributed by atoms with Crippen molar-refractivity contribution in [3.63, 3.8) is 0 Å². The Morgan fingerprint density at radius 2 is 0.635 bits per heavy atom. The highest BCUT2D eigenvalue weighted by atomic mass is 16.3. The molecule has 0 fully saturated rings. The number of carbonyl (C=O) groups excluding carboxylic acids is 1. The summed E-state index contributed by atoms with van der Waals surface area (Å²) < 4.78 is 0. The summed E-state index contributed by atoms with van der Waals surface area (Å²) in [7, 11) is 0. The molecule has 0 heterocycles. The van der Waals surface area contributed by atoms with Crippen molar-refractivity contribution in [3.05, 3.63) is 12.2 Å². The second kappa shape index (κ2) is 52.0. The fraction of sp³-hybridized carbons (Fsp3) is 0.947. The molecule has 0 aromatic carbocycles. The molecule has 4 unspecified atom stereocenters. The second-order valence-electron chi connectivity index (χ2n) is 20.0. The topological polar surface area (TPSA) is 110 Å². The van der Waals surface area contributed by atoms with Gasteiger partial charge in [0.25, 0.3) is 0 Å². The predicted octanol–water partition coefficient (Wildman–Crippen LogP) is 16.5. The Morgan fingerprint density at radius 3 is 0.921 bits per heavy atom. The Labute approximate surface area is 393 Å². The van der Waals surface area contributed by atoms with Crippen LogP contribution in [0.1, 0.15) is 316 Å². The highest BCUT2D eigenvalue weighted by Gasteiger charge is 2.28. The normalized spacial score (nSPS) is 13.8.